The van der Waals surface area contributed by atoms with Crippen molar-refractivity contribution < 1.29 is 0 Å². The van der Waals surface area contributed by atoms with E-state index in [1.54, 1.807) is 12.3 Å². The van der Waals surface area contributed by atoms with Crippen LogP contribution in [0.15, 0.2) is 23.1 Å². The van der Waals surface area contributed by atoms with E-state index in [0.717, 1.165) is 11.3 Å². The highest BCUT2D eigenvalue weighted by atomic mass is 35.5. The zero-order valence-corrected chi connectivity index (χ0v) is 20.8. The molecule has 3 aromatic heterocycles. The van der Waals surface area contributed by atoms with Crippen LogP contribution in [0.1, 0.15) is 50.4 Å². The molecule has 33 heavy (non-hydrogen) atoms. The smallest absolute Gasteiger partial charge is 0.276 e. The molecular weight excluding hydrogens is 459 g/mol. The number of anilines is 1. The van der Waals surface area contributed by atoms with Gasteiger partial charge in [-0.3, -0.25) is 14.3 Å². The van der Waals surface area contributed by atoms with Crippen molar-refractivity contribution in [2.45, 2.75) is 52.6 Å². The number of nitrogens with zero attached hydrogens (tertiary/aromatic N) is 5. The van der Waals surface area contributed by atoms with Crippen LogP contribution in [0.25, 0.3) is 16.7 Å². The van der Waals surface area contributed by atoms with Gasteiger partial charge >= 0.3 is 0 Å². The third-order valence-electron chi connectivity index (χ3n) is 5.94. The molecular formula is C24H26Cl2N6O. The van der Waals surface area contributed by atoms with Crippen LogP contribution in [0, 0.1) is 18.3 Å². The van der Waals surface area contributed by atoms with E-state index < -0.39 is 5.56 Å². The molecule has 1 saturated heterocycles. The van der Waals surface area contributed by atoms with Gasteiger partial charge in [-0.2, -0.15) is 5.26 Å². The summed E-state index contributed by atoms with van der Waals surface area (Å²) < 4.78 is 1.48. The second kappa shape index (κ2) is 8.94. The van der Waals surface area contributed by atoms with Gasteiger partial charge in [0.25, 0.3) is 5.56 Å². The largest absolute Gasteiger partial charge is 0.367 e. The maximum atomic E-state index is 13.9. The number of nitrogens with one attached hydrogen (secondary N) is 1. The van der Waals surface area contributed by atoms with E-state index in [9.17, 15) is 10.1 Å². The van der Waals surface area contributed by atoms with E-state index >= 15 is 0 Å². The number of pyridine rings is 3. The van der Waals surface area contributed by atoms with Crippen LogP contribution < -0.4 is 15.8 Å². The second-order valence-electron chi connectivity index (χ2n) is 9.00. The van der Waals surface area contributed by atoms with Gasteiger partial charge in [-0.15, -0.1) is 0 Å². The number of piperazine rings is 1. The lowest BCUT2D eigenvalue weighted by Crippen LogP contribution is -2.54. The van der Waals surface area contributed by atoms with Crippen LogP contribution in [0.4, 0.5) is 5.69 Å². The Hall–Kier alpha value is -2.66. The van der Waals surface area contributed by atoms with E-state index in [0.29, 0.717) is 35.5 Å². The Balaban J connectivity index is 2.17. The van der Waals surface area contributed by atoms with Gasteiger partial charge < -0.3 is 10.2 Å². The van der Waals surface area contributed by atoms with Crippen LogP contribution in [-0.4, -0.2) is 39.7 Å². The quantitative estimate of drug-likeness (QED) is 0.547. The molecule has 1 aliphatic rings. The predicted molar refractivity (Wildman–Crippen MR) is 133 cm³/mol. The summed E-state index contributed by atoms with van der Waals surface area (Å²) in [5, 5.41) is 14.6. The molecule has 1 fully saturated rings. The lowest BCUT2D eigenvalue weighted by Gasteiger charge is -2.38. The molecule has 1 N–H and O–H groups in total. The van der Waals surface area contributed by atoms with Gasteiger partial charge in [-0.05, 0) is 44.4 Å². The zero-order valence-electron chi connectivity index (χ0n) is 19.3. The van der Waals surface area contributed by atoms with Crippen molar-refractivity contribution in [3.8, 4) is 11.8 Å². The van der Waals surface area contributed by atoms with Gasteiger partial charge in [-0.25, -0.2) is 4.98 Å². The molecule has 0 saturated carbocycles. The van der Waals surface area contributed by atoms with Crippen molar-refractivity contribution in [3.05, 3.63) is 55.7 Å². The molecule has 1 aliphatic heterocycles. The SMILES string of the molecule is Cc1ccnc(C(C)C)c1-n1c(=O)c(C#N)c(N2C[C@@H](C)N[C@@H](C)C2)c2cc(Cl)c(Cl)nc21. The zero-order chi connectivity index (χ0) is 24.0. The van der Waals surface area contributed by atoms with Crippen molar-refractivity contribution in [1.82, 2.24) is 19.9 Å². The average Bonchev–Trinajstić information content (AvgIpc) is 2.74. The van der Waals surface area contributed by atoms with E-state index in [2.05, 4.69) is 40.1 Å². The van der Waals surface area contributed by atoms with Crippen molar-refractivity contribution in [1.29, 1.82) is 5.26 Å². The van der Waals surface area contributed by atoms with Crippen molar-refractivity contribution >= 4 is 39.9 Å². The molecule has 0 spiro atoms. The normalized spacial score (nSPS) is 18.7. The minimum atomic E-state index is -0.442. The summed E-state index contributed by atoms with van der Waals surface area (Å²) >= 11 is 12.7. The summed E-state index contributed by atoms with van der Waals surface area (Å²) in [5.74, 6) is 0.0460. The Morgan fingerprint density at radius 1 is 1.21 bits per heavy atom. The second-order valence-corrected chi connectivity index (χ2v) is 9.76. The molecule has 9 heteroatoms. The van der Waals surface area contributed by atoms with Gasteiger partial charge in [0.05, 0.1) is 22.1 Å². The number of hydrogen-bond acceptors (Lipinski definition) is 6. The molecule has 0 aliphatic carbocycles. The van der Waals surface area contributed by atoms with E-state index in [4.69, 9.17) is 23.2 Å². The van der Waals surface area contributed by atoms with E-state index in [1.807, 2.05) is 26.8 Å². The van der Waals surface area contributed by atoms with Crippen LogP contribution in [0.2, 0.25) is 10.2 Å². The number of nitriles is 1. The van der Waals surface area contributed by atoms with Gasteiger partial charge in [-0.1, -0.05) is 37.0 Å². The lowest BCUT2D eigenvalue weighted by molar-refractivity contribution is 0.407. The Morgan fingerprint density at radius 2 is 1.88 bits per heavy atom. The van der Waals surface area contributed by atoms with Crippen LogP contribution in [-0.2, 0) is 0 Å². The number of hydrogen-bond donors (Lipinski definition) is 1. The van der Waals surface area contributed by atoms with Crippen LogP contribution >= 0.6 is 23.2 Å². The maximum absolute atomic E-state index is 13.9. The fraction of sp³-hybridized carbons (Fsp3) is 0.417. The molecule has 3 aromatic rings. The van der Waals surface area contributed by atoms with Gasteiger partial charge in [0.2, 0.25) is 0 Å². The van der Waals surface area contributed by atoms with Gasteiger partial charge in [0.15, 0.2) is 5.65 Å². The van der Waals surface area contributed by atoms with Crippen molar-refractivity contribution in [2.24, 2.45) is 0 Å². The Morgan fingerprint density at radius 3 is 2.48 bits per heavy atom. The molecule has 0 amide bonds. The van der Waals surface area contributed by atoms with Crippen molar-refractivity contribution in [2.75, 3.05) is 18.0 Å². The standard InChI is InChI=1S/C24H26Cl2N6O/c1-12(2)19-20(13(3)6-7-28-19)32-23-16(8-18(25)22(26)30-23)21(17(9-27)24(32)33)31-10-14(4)29-15(5)11-31/h6-8,12,14-15,29H,10-11H2,1-5H3/t14-,15+. The first kappa shape index (κ1) is 23.5. The topological polar surface area (TPSA) is 86.8 Å². The summed E-state index contributed by atoms with van der Waals surface area (Å²) in [5.41, 5.74) is 2.74. The summed E-state index contributed by atoms with van der Waals surface area (Å²) in [7, 11) is 0. The molecule has 0 radical (unpaired) electrons. The maximum Gasteiger partial charge on any atom is 0.276 e. The van der Waals surface area contributed by atoms with Crippen LogP contribution in [0.5, 0.6) is 0 Å². The first-order chi connectivity index (χ1) is 15.6. The minimum absolute atomic E-state index is 0.0460. The number of aryl methyl sites for hydroxylation is 1. The molecule has 0 unspecified atom stereocenters. The van der Waals surface area contributed by atoms with Crippen LogP contribution in [0.3, 0.4) is 0 Å². The van der Waals surface area contributed by atoms with E-state index in [-0.39, 0.29) is 33.7 Å². The first-order valence-electron chi connectivity index (χ1n) is 11.0. The highest BCUT2D eigenvalue weighted by molar-refractivity contribution is 6.41. The van der Waals surface area contributed by atoms with E-state index in [1.165, 1.54) is 4.57 Å². The minimum Gasteiger partial charge on any atom is -0.367 e. The average molecular weight is 485 g/mol. The Labute approximate surface area is 203 Å². The highest BCUT2D eigenvalue weighted by Crippen LogP contribution is 2.36. The fourth-order valence-corrected chi connectivity index (χ4v) is 4.96. The molecule has 172 valence electrons. The molecule has 4 rings (SSSR count). The van der Waals surface area contributed by atoms with Crippen molar-refractivity contribution in [3.63, 3.8) is 0 Å². The molecule has 2 atom stereocenters. The third kappa shape index (κ3) is 4.08. The molecule has 0 aromatic carbocycles. The Kier molecular flexibility index (Phi) is 6.37. The van der Waals surface area contributed by atoms with Gasteiger partial charge in [0, 0.05) is 36.8 Å². The molecule has 4 heterocycles. The summed E-state index contributed by atoms with van der Waals surface area (Å²) in [4.78, 5) is 25.1. The predicted octanol–water partition coefficient (Wildman–Crippen LogP) is 4.58. The number of aromatic nitrogens is 3. The number of fused-ring (bicyclic) bond motifs is 1. The lowest BCUT2D eigenvalue weighted by atomic mass is 10.0. The molecule has 7 nitrogen and oxygen atoms in total. The number of rotatable bonds is 3. The summed E-state index contributed by atoms with van der Waals surface area (Å²) in [6.45, 7) is 11.4. The summed E-state index contributed by atoms with van der Waals surface area (Å²) in [6, 6.07) is 6.09. The number of halogens is 2. The third-order valence-corrected chi connectivity index (χ3v) is 6.62. The summed E-state index contributed by atoms with van der Waals surface area (Å²) in [6.07, 6.45) is 1.72. The monoisotopic (exact) mass is 484 g/mol. The fourth-order valence-electron chi connectivity index (χ4n) is 4.68. The first-order valence-corrected chi connectivity index (χ1v) is 11.7. The highest BCUT2D eigenvalue weighted by Gasteiger charge is 2.29. The van der Waals surface area contributed by atoms with Gasteiger partial charge in [0.1, 0.15) is 16.8 Å². The molecule has 0 bridgehead atoms. The Bertz CT molecular complexity index is 1330.